The van der Waals surface area contributed by atoms with Crippen LogP contribution in [0, 0.1) is 6.92 Å². The van der Waals surface area contributed by atoms with Crippen molar-refractivity contribution in [2.45, 2.75) is 45.1 Å². The normalized spacial score (nSPS) is 14.0. The number of nitrogens with two attached hydrogens (primary N) is 1. The molecule has 9 nitrogen and oxygen atoms in total. The minimum absolute atomic E-state index is 0.0229. The molecular weight excluding hydrogens is 420 g/mol. The van der Waals surface area contributed by atoms with Crippen molar-refractivity contribution in [1.82, 2.24) is 20.1 Å². The molecule has 172 valence electrons. The minimum atomic E-state index is -0.350. The number of amides is 1. The third kappa shape index (κ3) is 5.88. The van der Waals surface area contributed by atoms with Gasteiger partial charge in [-0.15, -0.1) is 5.10 Å². The topological polar surface area (TPSA) is 124 Å². The number of aryl methyl sites for hydroxylation is 1. The van der Waals surface area contributed by atoms with Crippen molar-refractivity contribution < 1.29 is 14.3 Å². The van der Waals surface area contributed by atoms with Gasteiger partial charge in [-0.2, -0.15) is 9.67 Å². The molecule has 2 aromatic carbocycles. The van der Waals surface area contributed by atoms with E-state index in [2.05, 4.69) is 20.7 Å². The molecule has 0 aliphatic heterocycles. The summed E-state index contributed by atoms with van der Waals surface area (Å²) in [6.07, 6.45) is 5.59. The fourth-order valence-electron chi connectivity index (χ4n) is 3.91. The third-order valence-corrected chi connectivity index (χ3v) is 5.51. The highest BCUT2D eigenvalue weighted by atomic mass is 16.5. The number of hydrogen-bond donors (Lipinski definition) is 3. The van der Waals surface area contributed by atoms with Crippen molar-refractivity contribution in [1.29, 1.82) is 0 Å². The molecule has 0 atom stereocenters. The number of anilines is 3. The maximum absolute atomic E-state index is 12.9. The first-order valence-corrected chi connectivity index (χ1v) is 11.1. The second kappa shape index (κ2) is 10.2. The Labute approximate surface area is 192 Å². The molecule has 1 fully saturated rings. The Balaban J connectivity index is 1.41. The first-order valence-electron chi connectivity index (χ1n) is 11.1. The summed E-state index contributed by atoms with van der Waals surface area (Å²) in [6.45, 7) is 1.85. The average molecular weight is 449 g/mol. The number of hydrogen-bond acceptors (Lipinski definition) is 7. The van der Waals surface area contributed by atoms with Crippen molar-refractivity contribution in [2.75, 3.05) is 17.7 Å². The quantitative estimate of drug-likeness (QED) is 0.506. The van der Waals surface area contributed by atoms with Crippen LogP contribution in [0.5, 0.6) is 5.75 Å². The summed E-state index contributed by atoms with van der Waals surface area (Å²) in [5.74, 6) is 0.202. The highest BCUT2D eigenvalue weighted by Gasteiger charge is 2.18. The Bertz CT molecular complexity index is 1140. The number of nitrogen functional groups attached to an aromatic ring is 1. The van der Waals surface area contributed by atoms with E-state index in [1.807, 2.05) is 13.0 Å². The number of aromatic nitrogens is 3. The first kappa shape index (κ1) is 22.3. The van der Waals surface area contributed by atoms with Gasteiger partial charge in [-0.25, -0.2) is 0 Å². The molecule has 1 aliphatic rings. The van der Waals surface area contributed by atoms with Crippen molar-refractivity contribution in [3.05, 3.63) is 59.7 Å². The average Bonchev–Trinajstić information content (AvgIpc) is 3.18. The van der Waals surface area contributed by atoms with Gasteiger partial charge in [-0.1, -0.05) is 43.0 Å². The van der Waals surface area contributed by atoms with Gasteiger partial charge in [0.05, 0.1) is 0 Å². The molecule has 9 heteroatoms. The third-order valence-electron chi connectivity index (χ3n) is 5.51. The molecular formula is C24H28N6O3. The van der Waals surface area contributed by atoms with E-state index in [0.717, 1.165) is 35.9 Å². The van der Waals surface area contributed by atoms with E-state index < -0.39 is 0 Å². The van der Waals surface area contributed by atoms with E-state index in [0.29, 0.717) is 17.0 Å². The van der Waals surface area contributed by atoms with Crippen LogP contribution in [0.3, 0.4) is 0 Å². The number of ether oxygens (including phenoxy) is 1. The number of nitrogens with one attached hydrogen (secondary N) is 2. The molecule has 0 spiro atoms. The zero-order chi connectivity index (χ0) is 23.2. The summed E-state index contributed by atoms with van der Waals surface area (Å²) < 4.78 is 6.80. The highest BCUT2D eigenvalue weighted by Crippen LogP contribution is 2.22. The lowest BCUT2D eigenvalue weighted by Gasteiger charge is -2.22. The maximum atomic E-state index is 12.9. The summed E-state index contributed by atoms with van der Waals surface area (Å²) >= 11 is 0. The van der Waals surface area contributed by atoms with E-state index in [1.165, 1.54) is 6.42 Å². The number of nitrogens with zero attached hydrogens (tertiary/aromatic N) is 3. The molecule has 3 aromatic rings. The lowest BCUT2D eigenvalue weighted by atomic mass is 9.95. The van der Waals surface area contributed by atoms with Crippen LogP contribution in [-0.2, 0) is 4.79 Å². The van der Waals surface area contributed by atoms with Gasteiger partial charge in [0.15, 0.2) is 6.61 Å². The van der Waals surface area contributed by atoms with Gasteiger partial charge in [0.1, 0.15) is 5.75 Å². The Hall–Kier alpha value is -3.88. The largest absolute Gasteiger partial charge is 0.484 e. The fraction of sp³-hybridized carbons (Fsp3) is 0.333. The minimum Gasteiger partial charge on any atom is -0.484 e. The standard InChI is InChI=1S/C24H28N6O3/c1-16-7-5-8-17(13-16)22(32)30-24(28-23(25)29-30)27-19-11-6-12-20(14-19)33-15-21(31)26-18-9-3-2-4-10-18/h5-8,11-14,18H,2-4,9-10,15H2,1H3,(H,26,31)(H3,25,27,28,29). The molecule has 0 radical (unpaired) electrons. The first-order chi connectivity index (χ1) is 16.0. The van der Waals surface area contributed by atoms with Crippen molar-refractivity contribution >= 4 is 29.4 Å². The Morgan fingerprint density at radius 2 is 1.91 bits per heavy atom. The Kier molecular flexibility index (Phi) is 6.87. The Morgan fingerprint density at radius 1 is 1.12 bits per heavy atom. The van der Waals surface area contributed by atoms with Gasteiger partial charge in [-0.05, 0) is 44.0 Å². The maximum Gasteiger partial charge on any atom is 0.281 e. The predicted molar refractivity (Wildman–Crippen MR) is 126 cm³/mol. The van der Waals surface area contributed by atoms with Gasteiger partial charge in [0.25, 0.3) is 11.8 Å². The molecule has 0 bridgehead atoms. The molecule has 1 amide bonds. The van der Waals surface area contributed by atoms with Crippen LogP contribution in [0.2, 0.25) is 0 Å². The van der Waals surface area contributed by atoms with E-state index >= 15 is 0 Å². The summed E-state index contributed by atoms with van der Waals surface area (Å²) in [5.41, 5.74) is 7.81. The van der Waals surface area contributed by atoms with Gasteiger partial charge < -0.3 is 21.1 Å². The van der Waals surface area contributed by atoms with Crippen LogP contribution in [-0.4, -0.2) is 39.2 Å². The van der Waals surface area contributed by atoms with Crippen molar-refractivity contribution in [3.8, 4) is 5.75 Å². The molecule has 1 heterocycles. The SMILES string of the molecule is Cc1cccc(C(=O)n2nc(N)nc2Nc2cccc(OCC(=O)NC3CCCCC3)c2)c1. The molecule has 0 unspecified atom stereocenters. The zero-order valence-corrected chi connectivity index (χ0v) is 18.6. The van der Waals surface area contributed by atoms with Crippen LogP contribution in [0.1, 0.15) is 48.0 Å². The summed E-state index contributed by atoms with van der Waals surface area (Å²) in [7, 11) is 0. The van der Waals surface area contributed by atoms with Gasteiger partial charge in [0.2, 0.25) is 11.9 Å². The van der Waals surface area contributed by atoms with E-state index in [4.69, 9.17) is 10.5 Å². The van der Waals surface area contributed by atoms with Crippen molar-refractivity contribution in [3.63, 3.8) is 0 Å². The predicted octanol–water partition coefficient (Wildman–Crippen LogP) is 3.43. The molecule has 1 saturated carbocycles. The second-order valence-corrected chi connectivity index (χ2v) is 8.22. The van der Waals surface area contributed by atoms with Crippen LogP contribution in [0.25, 0.3) is 0 Å². The Morgan fingerprint density at radius 3 is 2.70 bits per heavy atom. The lowest BCUT2D eigenvalue weighted by Crippen LogP contribution is -2.38. The second-order valence-electron chi connectivity index (χ2n) is 8.22. The molecule has 1 aromatic heterocycles. The van der Waals surface area contributed by atoms with Crippen LogP contribution < -0.4 is 21.1 Å². The molecule has 33 heavy (non-hydrogen) atoms. The van der Waals surface area contributed by atoms with Gasteiger partial charge in [0, 0.05) is 23.4 Å². The number of carbonyl (C=O) groups is 2. The smallest absolute Gasteiger partial charge is 0.281 e. The van der Waals surface area contributed by atoms with Gasteiger partial charge >= 0.3 is 0 Å². The molecule has 4 rings (SSSR count). The number of benzene rings is 2. The number of carbonyl (C=O) groups excluding carboxylic acids is 2. The lowest BCUT2D eigenvalue weighted by molar-refractivity contribution is -0.124. The summed E-state index contributed by atoms with van der Waals surface area (Å²) in [6, 6.07) is 14.5. The summed E-state index contributed by atoms with van der Waals surface area (Å²) in [5, 5.41) is 10.1. The van der Waals surface area contributed by atoms with Crippen LogP contribution >= 0.6 is 0 Å². The van der Waals surface area contributed by atoms with E-state index in [-0.39, 0.29) is 36.4 Å². The monoisotopic (exact) mass is 448 g/mol. The van der Waals surface area contributed by atoms with Gasteiger partial charge in [-0.3, -0.25) is 9.59 Å². The van der Waals surface area contributed by atoms with Crippen LogP contribution in [0.4, 0.5) is 17.6 Å². The van der Waals surface area contributed by atoms with Crippen LogP contribution in [0.15, 0.2) is 48.5 Å². The summed E-state index contributed by atoms with van der Waals surface area (Å²) in [4.78, 5) is 29.3. The van der Waals surface area contributed by atoms with E-state index in [9.17, 15) is 9.59 Å². The number of rotatable bonds is 7. The molecule has 4 N–H and O–H groups in total. The molecule has 1 aliphatic carbocycles. The highest BCUT2D eigenvalue weighted by molar-refractivity contribution is 5.97. The zero-order valence-electron chi connectivity index (χ0n) is 18.6. The van der Waals surface area contributed by atoms with E-state index in [1.54, 1.807) is 42.5 Å². The molecule has 0 saturated heterocycles. The fourth-order valence-corrected chi connectivity index (χ4v) is 3.91. The van der Waals surface area contributed by atoms with Crippen molar-refractivity contribution in [2.24, 2.45) is 0 Å².